The molecule has 21 heavy (non-hydrogen) atoms. The number of alkyl halides is 2. The van der Waals surface area contributed by atoms with Gasteiger partial charge >= 0.3 is 6.03 Å². The molecule has 1 fully saturated rings. The Labute approximate surface area is 121 Å². The minimum absolute atomic E-state index is 0.184. The Morgan fingerprint density at radius 2 is 2.14 bits per heavy atom. The fourth-order valence-electron chi connectivity index (χ4n) is 2.43. The van der Waals surface area contributed by atoms with Gasteiger partial charge in [-0.25, -0.2) is 18.0 Å². The molecule has 0 spiro atoms. The minimum Gasteiger partial charge on any atom is -0.367 e. The van der Waals surface area contributed by atoms with Gasteiger partial charge in [0.05, 0.1) is 12.2 Å². The van der Waals surface area contributed by atoms with Gasteiger partial charge in [0, 0.05) is 19.1 Å². The van der Waals surface area contributed by atoms with Crippen molar-refractivity contribution in [3.63, 3.8) is 0 Å². The maximum atomic E-state index is 13.7. The van der Waals surface area contributed by atoms with E-state index in [1.165, 1.54) is 6.07 Å². The zero-order chi connectivity index (χ0) is 15.2. The summed E-state index contributed by atoms with van der Waals surface area (Å²) in [4.78, 5) is 13.3. The van der Waals surface area contributed by atoms with Crippen LogP contribution in [0.5, 0.6) is 0 Å². The van der Waals surface area contributed by atoms with Gasteiger partial charge in [-0.15, -0.1) is 0 Å². The highest BCUT2D eigenvalue weighted by Gasteiger charge is 2.23. The number of nitrogens with one attached hydrogen (secondary N) is 2. The molecule has 0 bridgehead atoms. The van der Waals surface area contributed by atoms with Gasteiger partial charge in [-0.3, -0.25) is 0 Å². The van der Waals surface area contributed by atoms with Crippen LogP contribution in [0.2, 0.25) is 0 Å². The van der Waals surface area contributed by atoms with Crippen LogP contribution in [0.4, 0.5) is 23.7 Å². The first kappa shape index (κ1) is 15.5. The largest absolute Gasteiger partial charge is 0.367 e. The van der Waals surface area contributed by atoms with Crippen molar-refractivity contribution in [2.24, 2.45) is 0 Å². The van der Waals surface area contributed by atoms with Crippen LogP contribution < -0.4 is 15.5 Å². The number of amides is 2. The number of carbonyl (C=O) groups is 1. The van der Waals surface area contributed by atoms with Crippen LogP contribution in [-0.2, 0) is 0 Å². The van der Waals surface area contributed by atoms with Crippen LogP contribution >= 0.6 is 0 Å². The molecule has 2 rings (SSSR count). The summed E-state index contributed by atoms with van der Waals surface area (Å²) in [5, 5.41) is 4.75. The van der Waals surface area contributed by atoms with E-state index in [1.54, 1.807) is 18.2 Å². The number of nitrogens with zero attached hydrogens (tertiary/aromatic N) is 1. The van der Waals surface area contributed by atoms with Gasteiger partial charge < -0.3 is 15.5 Å². The molecule has 0 radical (unpaired) electrons. The van der Waals surface area contributed by atoms with E-state index >= 15 is 0 Å². The highest BCUT2D eigenvalue weighted by atomic mass is 19.3. The Morgan fingerprint density at radius 3 is 2.86 bits per heavy atom. The van der Waals surface area contributed by atoms with Crippen LogP contribution in [0.1, 0.15) is 12.8 Å². The summed E-state index contributed by atoms with van der Waals surface area (Å²) in [6.07, 6.45) is -1.03. The van der Waals surface area contributed by atoms with Crippen LogP contribution in [-0.4, -0.2) is 38.1 Å². The molecule has 116 valence electrons. The molecule has 1 aromatic carbocycles. The lowest BCUT2D eigenvalue weighted by Crippen LogP contribution is -2.51. The Hall–Kier alpha value is -1.92. The highest BCUT2D eigenvalue weighted by Crippen LogP contribution is 2.22. The average Bonchev–Trinajstić information content (AvgIpc) is 2.46. The van der Waals surface area contributed by atoms with E-state index in [-0.39, 0.29) is 11.9 Å². The average molecular weight is 301 g/mol. The van der Waals surface area contributed by atoms with Crippen molar-refractivity contribution >= 4 is 11.7 Å². The van der Waals surface area contributed by atoms with E-state index in [4.69, 9.17) is 0 Å². The normalized spacial score (nSPS) is 18.7. The van der Waals surface area contributed by atoms with Crippen LogP contribution in [0.15, 0.2) is 24.3 Å². The number of halogens is 3. The Bertz CT molecular complexity index is 484. The lowest BCUT2D eigenvalue weighted by atomic mass is 10.0. The SMILES string of the molecule is O=C(NCC(F)F)N[C@H]1CCCN(c2ccccc2F)C1. The first-order valence-corrected chi connectivity index (χ1v) is 6.88. The number of carbonyl (C=O) groups excluding carboxylic acids is 1. The fraction of sp³-hybridized carbons (Fsp3) is 0.500. The number of hydrogen-bond acceptors (Lipinski definition) is 2. The van der Waals surface area contributed by atoms with Gasteiger partial charge in [-0.2, -0.15) is 0 Å². The van der Waals surface area contributed by atoms with Gasteiger partial charge in [-0.1, -0.05) is 12.1 Å². The maximum Gasteiger partial charge on any atom is 0.315 e. The highest BCUT2D eigenvalue weighted by molar-refractivity contribution is 5.74. The van der Waals surface area contributed by atoms with Gasteiger partial charge in [0.2, 0.25) is 0 Å². The van der Waals surface area contributed by atoms with Gasteiger partial charge in [0.15, 0.2) is 0 Å². The zero-order valence-corrected chi connectivity index (χ0v) is 11.5. The predicted octanol–water partition coefficient (Wildman–Crippen LogP) is 2.36. The predicted molar refractivity (Wildman–Crippen MR) is 74.2 cm³/mol. The van der Waals surface area contributed by atoms with E-state index < -0.39 is 19.0 Å². The molecule has 1 saturated heterocycles. The minimum atomic E-state index is -2.57. The first-order valence-electron chi connectivity index (χ1n) is 6.88. The lowest BCUT2D eigenvalue weighted by Gasteiger charge is -2.34. The van der Waals surface area contributed by atoms with E-state index in [2.05, 4.69) is 10.6 Å². The number of rotatable bonds is 4. The van der Waals surface area contributed by atoms with E-state index in [0.29, 0.717) is 18.8 Å². The number of para-hydroxylation sites is 1. The summed E-state index contributed by atoms with van der Waals surface area (Å²) < 4.78 is 37.8. The molecule has 1 aromatic rings. The van der Waals surface area contributed by atoms with E-state index in [9.17, 15) is 18.0 Å². The smallest absolute Gasteiger partial charge is 0.315 e. The second-order valence-corrected chi connectivity index (χ2v) is 4.98. The van der Waals surface area contributed by atoms with Crippen molar-refractivity contribution in [2.75, 3.05) is 24.5 Å². The second kappa shape index (κ2) is 7.19. The Kier molecular flexibility index (Phi) is 5.30. The number of benzene rings is 1. The zero-order valence-electron chi connectivity index (χ0n) is 11.5. The first-order chi connectivity index (χ1) is 10.1. The fourth-order valence-corrected chi connectivity index (χ4v) is 2.43. The van der Waals surface area contributed by atoms with Crippen molar-refractivity contribution in [3.8, 4) is 0 Å². The van der Waals surface area contributed by atoms with Crippen molar-refractivity contribution < 1.29 is 18.0 Å². The molecule has 0 aromatic heterocycles. The number of anilines is 1. The summed E-state index contributed by atoms with van der Waals surface area (Å²) >= 11 is 0. The number of piperidine rings is 1. The quantitative estimate of drug-likeness (QED) is 0.896. The van der Waals surface area contributed by atoms with Crippen LogP contribution in [0, 0.1) is 5.82 Å². The molecule has 7 heteroatoms. The summed E-state index contributed by atoms with van der Waals surface area (Å²) in [6, 6.07) is 5.66. The molecule has 1 aliphatic heterocycles. The van der Waals surface area contributed by atoms with Crippen LogP contribution in [0.3, 0.4) is 0 Å². The molecule has 2 N–H and O–H groups in total. The van der Waals surface area contributed by atoms with Crippen molar-refractivity contribution in [1.29, 1.82) is 0 Å². The summed E-state index contributed by atoms with van der Waals surface area (Å²) in [7, 11) is 0. The molecule has 1 heterocycles. The van der Waals surface area contributed by atoms with E-state index in [1.807, 2.05) is 4.90 Å². The molecular weight excluding hydrogens is 283 g/mol. The molecule has 0 aliphatic carbocycles. The molecule has 4 nitrogen and oxygen atoms in total. The summed E-state index contributed by atoms with van der Waals surface area (Å²) in [5.74, 6) is -0.305. The van der Waals surface area contributed by atoms with Gasteiger partial charge in [0.25, 0.3) is 6.43 Å². The molecule has 0 unspecified atom stereocenters. The van der Waals surface area contributed by atoms with Crippen molar-refractivity contribution in [1.82, 2.24) is 10.6 Å². The van der Waals surface area contributed by atoms with Gasteiger partial charge in [-0.05, 0) is 25.0 Å². The maximum absolute atomic E-state index is 13.7. The molecule has 0 saturated carbocycles. The Balaban J connectivity index is 1.89. The summed E-state index contributed by atoms with van der Waals surface area (Å²) in [5.41, 5.74) is 0.497. The number of hydrogen-bond donors (Lipinski definition) is 2. The second-order valence-electron chi connectivity index (χ2n) is 4.98. The van der Waals surface area contributed by atoms with E-state index in [0.717, 1.165) is 12.8 Å². The molecule has 2 amide bonds. The van der Waals surface area contributed by atoms with Crippen LogP contribution in [0.25, 0.3) is 0 Å². The van der Waals surface area contributed by atoms with Crippen molar-refractivity contribution in [3.05, 3.63) is 30.1 Å². The molecular formula is C14H18F3N3O. The third-order valence-electron chi connectivity index (χ3n) is 3.37. The monoisotopic (exact) mass is 301 g/mol. The Morgan fingerprint density at radius 1 is 1.38 bits per heavy atom. The van der Waals surface area contributed by atoms with Crippen molar-refractivity contribution in [2.45, 2.75) is 25.3 Å². The molecule has 1 aliphatic rings. The third-order valence-corrected chi connectivity index (χ3v) is 3.37. The topological polar surface area (TPSA) is 44.4 Å². The summed E-state index contributed by atoms with van der Waals surface area (Å²) in [6.45, 7) is 0.496. The lowest BCUT2D eigenvalue weighted by molar-refractivity contribution is 0.146. The third kappa shape index (κ3) is 4.54. The number of urea groups is 1. The standard InChI is InChI=1S/C14H18F3N3O/c15-11-5-1-2-6-12(11)20-7-3-4-10(9-20)19-14(21)18-8-13(16)17/h1-2,5-6,10,13H,3-4,7-9H2,(H2,18,19,21)/t10-/m0/s1. The van der Waals surface area contributed by atoms with Gasteiger partial charge in [0.1, 0.15) is 5.82 Å². The molecule has 1 atom stereocenters.